The number of pyridine rings is 1. The van der Waals surface area contributed by atoms with E-state index in [2.05, 4.69) is 31.1 Å². The van der Waals surface area contributed by atoms with E-state index in [1.165, 1.54) is 0 Å². The van der Waals surface area contributed by atoms with Crippen molar-refractivity contribution in [3.8, 4) is 11.5 Å². The molecular weight excluding hydrogens is 342 g/mol. The Kier molecular flexibility index (Phi) is 5.08. The summed E-state index contributed by atoms with van der Waals surface area (Å²) in [6, 6.07) is 11.3. The number of benzene rings is 1. The van der Waals surface area contributed by atoms with Crippen molar-refractivity contribution in [1.29, 1.82) is 0 Å². The van der Waals surface area contributed by atoms with Gasteiger partial charge >= 0.3 is 0 Å². The van der Waals surface area contributed by atoms with Gasteiger partial charge in [-0.3, -0.25) is 4.79 Å². The van der Waals surface area contributed by atoms with Gasteiger partial charge in [0.2, 0.25) is 0 Å². The van der Waals surface area contributed by atoms with Crippen LogP contribution in [0, 0.1) is 0 Å². The Hall–Kier alpha value is -3.02. The van der Waals surface area contributed by atoms with Gasteiger partial charge in [0.25, 0.3) is 5.91 Å². The van der Waals surface area contributed by atoms with Crippen molar-refractivity contribution >= 4 is 11.4 Å². The van der Waals surface area contributed by atoms with E-state index < -0.39 is 0 Å². The monoisotopic (exact) mass is 367 g/mol. The predicted molar refractivity (Wildman–Crippen MR) is 105 cm³/mol. The molecule has 142 valence electrons. The molecule has 0 spiro atoms. The minimum Gasteiger partial charge on any atom is -0.493 e. The summed E-state index contributed by atoms with van der Waals surface area (Å²) in [5.74, 6) is 1.94. The molecule has 0 aliphatic rings. The summed E-state index contributed by atoms with van der Waals surface area (Å²) in [7, 11) is 3.18. The Balaban J connectivity index is 1.85. The summed E-state index contributed by atoms with van der Waals surface area (Å²) in [6.45, 7) is 6.62. The van der Waals surface area contributed by atoms with Gasteiger partial charge in [-0.25, -0.2) is 4.98 Å². The summed E-state index contributed by atoms with van der Waals surface area (Å²) < 4.78 is 12.5. The number of nitrogens with zero attached hydrogens (tertiary/aromatic N) is 2. The van der Waals surface area contributed by atoms with Gasteiger partial charge in [-0.05, 0) is 29.8 Å². The summed E-state index contributed by atoms with van der Waals surface area (Å²) in [6.07, 6.45) is 1.94. The fourth-order valence-corrected chi connectivity index (χ4v) is 2.99. The van der Waals surface area contributed by atoms with Crippen molar-refractivity contribution in [3.63, 3.8) is 0 Å². The number of imidazole rings is 1. The molecule has 27 heavy (non-hydrogen) atoms. The lowest BCUT2D eigenvalue weighted by Crippen LogP contribution is -2.23. The molecule has 2 heterocycles. The van der Waals surface area contributed by atoms with Crippen molar-refractivity contribution in [2.24, 2.45) is 0 Å². The van der Waals surface area contributed by atoms with Crippen molar-refractivity contribution in [2.45, 2.75) is 32.7 Å². The lowest BCUT2D eigenvalue weighted by Gasteiger charge is -2.16. The Morgan fingerprint density at radius 3 is 2.52 bits per heavy atom. The molecule has 0 atom stereocenters. The maximum absolute atomic E-state index is 12.8. The minimum absolute atomic E-state index is 0.174. The van der Waals surface area contributed by atoms with Gasteiger partial charge in [0.05, 0.1) is 19.7 Å². The number of aromatic nitrogens is 2. The summed E-state index contributed by atoms with van der Waals surface area (Å²) in [5.41, 5.74) is 1.97. The van der Waals surface area contributed by atoms with Crippen LogP contribution in [-0.4, -0.2) is 29.5 Å². The van der Waals surface area contributed by atoms with Gasteiger partial charge < -0.3 is 19.2 Å². The second-order valence-electron chi connectivity index (χ2n) is 7.36. The van der Waals surface area contributed by atoms with Crippen LogP contribution in [0.3, 0.4) is 0 Å². The highest BCUT2D eigenvalue weighted by atomic mass is 16.5. The molecule has 1 N–H and O–H groups in total. The molecular formula is C21H25N3O3. The highest BCUT2D eigenvalue weighted by Crippen LogP contribution is 2.28. The van der Waals surface area contributed by atoms with Crippen LogP contribution in [0.5, 0.6) is 11.5 Å². The lowest BCUT2D eigenvalue weighted by atomic mass is 9.96. The van der Waals surface area contributed by atoms with Crippen LogP contribution in [0.15, 0.2) is 42.6 Å². The molecule has 3 rings (SSSR count). The first-order valence-corrected chi connectivity index (χ1v) is 8.82. The van der Waals surface area contributed by atoms with Gasteiger partial charge in [-0.2, -0.15) is 0 Å². The maximum atomic E-state index is 12.8. The number of methoxy groups -OCH3 is 2. The van der Waals surface area contributed by atoms with Gasteiger partial charge in [-0.15, -0.1) is 0 Å². The molecule has 0 saturated heterocycles. The van der Waals surface area contributed by atoms with Gasteiger partial charge in [0.1, 0.15) is 5.82 Å². The predicted octanol–water partition coefficient (Wildman–Crippen LogP) is 3.58. The highest BCUT2D eigenvalue weighted by Gasteiger charge is 2.24. The third kappa shape index (κ3) is 3.74. The van der Waals surface area contributed by atoms with Crippen LogP contribution in [-0.2, 0) is 12.0 Å². The first-order chi connectivity index (χ1) is 12.8. The molecule has 1 amide bonds. The molecule has 6 nitrogen and oxygen atoms in total. The van der Waals surface area contributed by atoms with Crippen LogP contribution in [0.1, 0.15) is 42.6 Å². The highest BCUT2D eigenvalue weighted by molar-refractivity contribution is 5.99. The first kappa shape index (κ1) is 18.8. The minimum atomic E-state index is -0.205. The van der Waals surface area contributed by atoms with E-state index in [4.69, 9.17) is 9.47 Å². The van der Waals surface area contributed by atoms with Crippen LogP contribution in [0.25, 0.3) is 5.52 Å². The van der Waals surface area contributed by atoms with E-state index in [0.717, 1.165) is 16.9 Å². The SMILES string of the molecule is COc1ccc(CNC(=O)c2nc(C(C)(C)C)n3ccccc23)cc1OC. The number of carbonyl (C=O) groups is 1. The second kappa shape index (κ2) is 7.31. The number of hydrogen-bond donors (Lipinski definition) is 1. The van der Waals surface area contributed by atoms with Gasteiger partial charge in [0, 0.05) is 18.2 Å². The van der Waals surface area contributed by atoms with Crippen molar-refractivity contribution in [2.75, 3.05) is 14.2 Å². The van der Waals surface area contributed by atoms with E-state index in [-0.39, 0.29) is 11.3 Å². The van der Waals surface area contributed by atoms with Gasteiger partial charge in [-0.1, -0.05) is 32.9 Å². The average molecular weight is 367 g/mol. The maximum Gasteiger partial charge on any atom is 0.272 e. The molecule has 2 aromatic heterocycles. The number of carbonyl (C=O) groups excluding carboxylic acids is 1. The van der Waals surface area contributed by atoms with Crippen LogP contribution >= 0.6 is 0 Å². The number of nitrogens with one attached hydrogen (secondary N) is 1. The van der Waals surface area contributed by atoms with E-state index >= 15 is 0 Å². The number of amides is 1. The quantitative estimate of drug-likeness (QED) is 0.749. The van der Waals surface area contributed by atoms with Crippen LogP contribution < -0.4 is 14.8 Å². The molecule has 3 aromatic rings. The Labute approximate surface area is 159 Å². The molecule has 0 aliphatic carbocycles. The second-order valence-corrected chi connectivity index (χ2v) is 7.36. The average Bonchev–Trinajstić information content (AvgIpc) is 3.06. The van der Waals surface area contributed by atoms with Crippen LogP contribution in [0.4, 0.5) is 0 Å². The largest absolute Gasteiger partial charge is 0.493 e. The van der Waals surface area contributed by atoms with Gasteiger partial charge in [0.15, 0.2) is 17.2 Å². The molecule has 0 fully saturated rings. The molecule has 0 saturated carbocycles. The fraction of sp³-hybridized carbons (Fsp3) is 0.333. The lowest BCUT2D eigenvalue weighted by molar-refractivity contribution is 0.0948. The molecule has 1 aromatic carbocycles. The zero-order valence-electron chi connectivity index (χ0n) is 16.4. The van der Waals surface area contributed by atoms with Crippen molar-refractivity contribution in [1.82, 2.24) is 14.7 Å². The molecule has 0 bridgehead atoms. The first-order valence-electron chi connectivity index (χ1n) is 8.82. The third-order valence-electron chi connectivity index (χ3n) is 4.34. The normalized spacial score (nSPS) is 11.4. The zero-order valence-corrected chi connectivity index (χ0v) is 16.4. The molecule has 6 heteroatoms. The number of fused-ring (bicyclic) bond motifs is 1. The summed E-state index contributed by atoms with van der Waals surface area (Å²) >= 11 is 0. The standard InChI is InChI=1S/C21H25N3O3/c1-21(2,3)20-23-18(15-8-6-7-11-24(15)20)19(25)22-13-14-9-10-16(26-4)17(12-14)27-5/h6-12H,13H2,1-5H3,(H,22,25). The zero-order chi connectivity index (χ0) is 19.6. The van der Waals surface area contributed by atoms with Crippen LogP contribution in [0.2, 0.25) is 0 Å². The molecule has 0 unspecified atom stereocenters. The Morgan fingerprint density at radius 1 is 1.11 bits per heavy atom. The van der Waals surface area contributed by atoms with E-state index in [1.54, 1.807) is 14.2 Å². The Bertz CT molecular complexity index is 970. The number of rotatable bonds is 5. The third-order valence-corrected chi connectivity index (χ3v) is 4.34. The van der Waals surface area contributed by atoms with Crippen molar-refractivity contribution in [3.05, 3.63) is 59.7 Å². The number of hydrogen-bond acceptors (Lipinski definition) is 4. The Morgan fingerprint density at radius 2 is 1.85 bits per heavy atom. The summed E-state index contributed by atoms with van der Waals surface area (Å²) in [5, 5.41) is 2.95. The molecule has 0 radical (unpaired) electrons. The van der Waals surface area contributed by atoms with E-state index in [0.29, 0.717) is 23.7 Å². The van der Waals surface area contributed by atoms with E-state index in [9.17, 15) is 4.79 Å². The molecule has 0 aliphatic heterocycles. The fourth-order valence-electron chi connectivity index (χ4n) is 2.99. The smallest absolute Gasteiger partial charge is 0.272 e. The summed E-state index contributed by atoms with van der Waals surface area (Å²) in [4.78, 5) is 17.4. The topological polar surface area (TPSA) is 64.9 Å². The van der Waals surface area contributed by atoms with E-state index in [1.807, 2.05) is 47.0 Å². The van der Waals surface area contributed by atoms with Crippen molar-refractivity contribution < 1.29 is 14.3 Å². The number of ether oxygens (including phenoxy) is 2.